The Morgan fingerprint density at radius 2 is 1.80 bits per heavy atom. The van der Waals surface area contributed by atoms with Crippen molar-refractivity contribution in [2.24, 2.45) is 0 Å². The maximum absolute atomic E-state index is 6.60. The Kier molecular flexibility index (Phi) is 7.23. The van der Waals surface area contributed by atoms with Gasteiger partial charge in [-0.15, -0.1) is 0 Å². The Morgan fingerprint density at radius 1 is 0.971 bits per heavy atom. The zero-order valence-electron chi connectivity index (χ0n) is 18.9. The molecule has 1 fully saturated rings. The molecule has 178 valence electrons. The van der Waals surface area contributed by atoms with Gasteiger partial charge in [0.25, 0.3) is 0 Å². The molecule has 1 saturated heterocycles. The van der Waals surface area contributed by atoms with Crippen molar-refractivity contribution in [3.63, 3.8) is 0 Å². The molecule has 1 aliphatic rings. The van der Waals surface area contributed by atoms with Crippen LogP contribution in [0.5, 0.6) is 0 Å². The Morgan fingerprint density at radius 3 is 2.57 bits per heavy atom. The van der Waals surface area contributed by atoms with Gasteiger partial charge in [0.15, 0.2) is 5.11 Å². The lowest BCUT2D eigenvalue weighted by Crippen LogP contribution is -2.32. The summed E-state index contributed by atoms with van der Waals surface area (Å²) in [6.45, 7) is 1.63. The molecule has 5 nitrogen and oxygen atoms in total. The van der Waals surface area contributed by atoms with E-state index in [0.717, 1.165) is 47.4 Å². The molecule has 2 aromatic heterocycles. The third-order valence-corrected chi connectivity index (χ3v) is 7.02. The minimum atomic E-state index is -0.0921. The van der Waals surface area contributed by atoms with E-state index in [0.29, 0.717) is 10.0 Å². The summed E-state index contributed by atoms with van der Waals surface area (Å²) in [6, 6.07) is 25.8. The molecule has 2 atom stereocenters. The summed E-state index contributed by atoms with van der Waals surface area (Å²) in [5.74, 6) is 0. The summed E-state index contributed by atoms with van der Waals surface area (Å²) in [4.78, 5) is 6.90. The fraction of sp³-hybridized carbons (Fsp3) is 0.185. The Bertz CT molecular complexity index is 1300. The molecule has 0 radical (unpaired) electrons. The smallest absolute Gasteiger partial charge is 0.170 e. The lowest BCUT2D eigenvalue weighted by molar-refractivity contribution is 0.307. The first-order valence-corrected chi connectivity index (χ1v) is 12.7. The van der Waals surface area contributed by atoms with Gasteiger partial charge < -0.3 is 20.1 Å². The third-order valence-electron chi connectivity index (χ3n) is 6.13. The minimum Gasteiger partial charge on any atom is -0.385 e. The molecular weight excluding hydrogens is 497 g/mol. The van der Waals surface area contributed by atoms with Crippen LogP contribution in [0.1, 0.15) is 29.9 Å². The van der Waals surface area contributed by atoms with E-state index in [9.17, 15) is 0 Å². The Balaban J connectivity index is 1.44. The first-order valence-electron chi connectivity index (χ1n) is 11.5. The van der Waals surface area contributed by atoms with E-state index in [1.54, 1.807) is 6.07 Å². The summed E-state index contributed by atoms with van der Waals surface area (Å²) in [5.41, 5.74) is 4.01. The number of nitrogens with one attached hydrogen (secondary N) is 2. The van der Waals surface area contributed by atoms with Crippen LogP contribution in [0.3, 0.4) is 0 Å². The first-order chi connectivity index (χ1) is 17.1. The van der Waals surface area contributed by atoms with Crippen LogP contribution in [-0.2, 0) is 0 Å². The minimum absolute atomic E-state index is 0.0594. The molecule has 2 N–H and O–H groups in total. The van der Waals surface area contributed by atoms with E-state index in [2.05, 4.69) is 43.3 Å². The van der Waals surface area contributed by atoms with Crippen LogP contribution < -0.4 is 10.6 Å². The monoisotopic (exact) mass is 521 g/mol. The molecule has 0 bridgehead atoms. The van der Waals surface area contributed by atoms with Gasteiger partial charge in [0.1, 0.15) is 0 Å². The fourth-order valence-electron chi connectivity index (χ4n) is 4.54. The molecule has 0 aliphatic carbocycles. The summed E-state index contributed by atoms with van der Waals surface area (Å²) in [5, 5.41) is 8.94. The zero-order chi connectivity index (χ0) is 24.2. The molecule has 0 amide bonds. The number of halogens is 2. The predicted octanol–water partition coefficient (Wildman–Crippen LogP) is 6.65. The number of para-hydroxylation sites is 1. The SMILES string of the molecule is S=C1NC(c2ccccn2)C(c2cccn2-c2ccc(Cl)cc2Cl)N1CCCNc1ccccc1. The Hall–Kier alpha value is -3.06. The highest BCUT2D eigenvalue weighted by Crippen LogP contribution is 2.40. The van der Waals surface area contributed by atoms with Gasteiger partial charge in [-0.25, -0.2) is 0 Å². The van der Waals surface area contributed by atoms with Crippen molar-refractivity contribution in [3.05, 3.63) is 113 Å². The highest BCUT2D eigenvalue weighted by molar-refractivity contribution is 7.80. The number of hydrogen-bond donors (Lipinski definition) is 2. The average Bonchev–Trinajstić information content (AvgIpc) is 3.47. The lowest BCUT2D eigenvalue weighted by Gasteiger charge is -2.29. The van der Waals surface area contributed by atoms with Crippen molar-refractivity contribution in [3.8, 4) is 5.69 Å². The van der Waals surface area contributed by atoms with Gasteiger partial charge in [-0.2, -0.15) is 0 Å². The van der Waals surface area contributed by atoms with Crippen molar-refractivity contribution in [2.75, 3.05) is 18.4 Å². The number of pyridine rings is 1. The van der Waals surface area contributed by atoms with Gasteiger partial charge in [0.2, 0.25) is 0 Å². The van der Waals surface area contributed by atoms with Gasteiger partial charge in [-0.05, 0) is 73.2 Å². The molecule has 35 heavy (non-hydrogen) atoms. The van der Waals surface area contributed by atoms with E-state index >= 15 is 0 Å². The quantitative estimate of drug-likeness (QED) is 0.200. The van der Waals surface area contributed by atoms with E-state index in [-0.39, 0.29) is 12.1 Å². The first kappa shape index (κ1) is 23.7. The van der Waals surface area contributed by atoms with Crippen molar-refractivity contribution >= 4 is 46.2 Å². The maximum Gasteiger partial charge on any atom is 0.170 e. The normalized spacial score (nSPS) is 17.4. The number of thiocarbonyl (C=S) groups is 1. The van der Waals surface area contributed by atoms with Crippen LogP contribution in [0.15, 0.2) is 91.3 Å². The van der Waals surface area contributed by atoms with Crippen LogP contribution in [0.2, 0.25) is 10.0 Å². The highest BCUT2D eigenvalue weighted by atomic mass is 35.5. The molecule has 8 heteroatoms. The van der Waals surface area contributed by atoms with E-state index in [1.165, 1.54) is 0 Å². The molecule has 2 unspecified atom stereocenters. The molecule has 0 spiro atoms. The number of hydrogen-bond acceptors (Lipinski definition) is 3. The second-order valence-electron chi connectivity index (χ2n) is 8.37. The largest absolute Gasteiger partial charge is 0.385 e. The van der Waals surface area contributed by atoms with Gasteiger partial charge in [0.05, 0.1) is 28.5 Å². The fourth-order valence-corrected chi connectivity index (χ4v) is 5.37. The van der Waals surface area contributed by atoms with E-state index < -0.39 is 0 Å². The number of nitrogens with zero attached hydrogens (tertiary/aromatic N) is 3. The van der Waals surface area contributed by atoms with Crippen LogP contribution in [-0.4, -0.2) is 32.7 Å². The van der Waals surface area contributed by atoms with Gasteiger partial charge >= 0.3 is 0 Å². The predicted molar refractivity (Wildman–Crippen MR) is 147 cm³/mol. The standard InChI is InChI=1S/C27H25Cl2N5S/c28-19-12-13-23(21(29)18-19)33-16-6-11-24(33)26-25(22-10-4-5-14-31-22)32-27(35)34(26)17-7-15-30-20-8-2-1-3-9-20/h1-6,8-14,16,18,25-26,30H,7,15,17H2,(H,32,35). The van der Waals surface area contributed by atoms with Gasteiger partial charge in [0, 0.05) is 41.9 Å². The number of rotatable bonds is 8. The van der Waals surface area contributed by atoms with E-state index in [1.807, 2.05) is 67.0 Å². The Labute approximate surface area is 220 Å². The summed E-state index contributed by atoms with van der Waals surface area (Å²) in [6.07, 6.45) is 4.76. The lowest BCUT2D eigenvalue weighted by atomic mass is 10.0. The maximum atomic E-state index is 6.60. The molecule has 0 saturated carbocycles. The van der Waals surface area contributed by atoms with Crippen molar-refractivity contribution in [2.45, 2.75) is 18.5 Å². The topological polar surface area (TPSA) is 45.1 Å². The molecule has 3 heterocycles. The van der Waals surface area contributed by atoms with Crippen LogP contribution in [0, 0.1) is 0 Å². The molecule has 4 aromatic rings. The zero-order valence-corrected chi connectivity index (χ0v) is 21.3. The second-order valence-corrected chi connectivity index (χ2v) is 9.60. The molecule has 5 rings (SSSR count). The molecular formula is C27H25Cl2N5S. The molecule has 1 aliphatic heterocycles. The highest BCUT2D eigenvalue weighted by Gasteiger charge is 2.41. The number of aromatic nitrogens is 2. The third kappa shape index (κ3) is 5.15. The summed E-state index contributed by atoms with van der Waals surface area (Å²) >= 11 is 18.6. The van der Waals surface area contributed by atoms with Crippen LogP contribution >= 0.6 is 35.4 Å². The van der Waals surface area contributed by atoms with Gasteiger partial charge in [-0.1, -0.05) is 47.5 Å². The van der Waals surface area contributed by atoms with Gasteiger partial charge in [-0.3, -0.25) is 4.98 Å². The van der Waals surface area contributed by atoms with Crippen molar-refractivity contribution in [1.29, 1.82) is 0 Å². The average molecular weight is 523 g/mol. The van der Waals surface area contributed by atoms with E-state index in [4.69, 9.17) is 35.4 Å². The summed E-state index contributed by atoms with van der Waals surface area (Å²) in [7, 11) is 0. The van der Waals surface area contributed by atoms with Crippen LogP contribution in [0.25, 0.3) is 5.69 Å². The van der Waals surface area contributed by atoms with Crippen molar-refractivity contribution in [1.82, 2.24) is 19.8 Å². The number of anilines is 1. The molecule has 2 aromatic carbocycles. The van der Waals surface area contributed by atoms with Crippen LogP contribution in [0.4, 0.5) is 5.69 Å². The van der Waals surface area contributed by atoms with Crippen molar-refractivity contribution < 1.29 is 0 Å². The second kappa shape index (κ2) is 10.7. The number of benzene rings is 2. The summed E-state index contributed by atoms with van der Waals surface area (Å²) < 4.78 is 2.12.